The maximum Gasteiger partial charge on any atom is 0.332 e. The van der Waals surface area contributed by atoms with Gasteiger partial charge in [0, 0.05) is 23.9 Å². The Morgan fingerprint density at radius 2 is 2.31 bits per heavy atom. The molecule has 2 N–H and O–H groups in total. The van der Waals surface area contributed by atoms with Crippen molar-refractivity contribution in [2.45, 2.75) is 18.3 Å². The summed E-state index contributed by atoms with van der Waals surface area (Å²) in [7, 11) is 3.19. The van der Waals surface area contributed by atoms with Crippen molar-refractivity contribution < 1.29 is 15.0 Å². The number of hydrogen-bond donors (Lipinski definition) is 2. The van der Waals surface area contributed by atoms with Gasteiger partial charge in [-0.2, -0.15) is 0 Å². The van der Waals surface area contributed by atoms with E-state index < -0.39 is 12.1 Å². The SMILES string of the molecule is O=C(O)C(O)CCSSCc1cccnc1. The summed E-state index contributed by atoms with van der Waals surface area (Å²) < 4.78 is 0. The van der Waals surface area contributed by atoms with Gasteiger partial charge in [-0.1, -0.05) is 27.7 Å². The summed E-state index contributed by atoms with van der Waals surface area (Å²) in [6.45, 7) is 0. The van der Waals surface area contributed by atoms with Crippen molar-refractivity contribution in [1.82, 2.24) is 4.98 Å². The first-order valence-electron chi connectivity index (χ1n) is 4.74. The summed E-state index contributed by atoms with van der Waals surface area (Å²) in [5.74, 6) is 0.304. The Morgan fingerprint density at radius 1 is 1.50 bits per heavy atom. The van der Waals surface area contributed by atoms with Crippen molar-refractivity contribution in [2.24, 2.45) is 0 Å². The zero-order valence-corrected chi connectivity index (χ0v) is 10.2. The maximum atomic E-state index is 10.3. The second-order valence-corrected chi connectivity index (χ2v) is 5.67. The predicted octanol–water partition coefficient (Wildman–Crippen LogP) is 1.80. The summed E-state index contributed by atoms with van der Waals surface area (Å²) in [4.78, 5) is 14.3. The third-order valence-electron chi connectivity index (χ3n) is 1.79. The third kappa shape index (κ3) is 5.39. The molecule has 88 valence electrons. The number of aromatic nitrogens is 1. The second-order valence-electron chi connectivity index (χ2n) is 3.09. The van der Waals surface area contributed by atoms with Crippen molar-refractivity contribution in [3.05, 3.63) is 30.1 Å². The third-order valence-corrected chi connectivity index (χ3v) is 4.17. The normalized spacial score (nSPS) is 12.3. The fourth-order valence-electron chi connectivity index (χ4n) is 0.935. The Hall–Kier alpha value is -0.720. The summed E-state index contributed by atoms with van der Waals surface area (Å²) >= 11 is 0. The van der Waals surface area contributed by atoms with Crippen LogP contribution in [0.25, 0.3) is 0 Å². The number of rotatable bonds is 7. The molecule has 0 aromatic carbocycles. The molecule has 1 aromatic rings. The van der Waals surface area contributed by atoms with E-state index in [1.165, 1.54) is 0 Å². The summed E-state index contributed by atoms with van der Waals surface area (Å²) in [6.07, 6.45) is 2.57. The van der Waals surface area contributed by atoms with Crippen LogP contribution < -0.4 is 0 Å². The van der Waals surface area contributed by atoms with E-state index in [1.54, 1.807) is 34.0 Å². The van der Waals surface area contributed by atoms with Crippen molar-refractivity contribution >= 4 is 27.6 Å². The van der Waals surface area contributed by atoms with E-state index in [1.807, 2.05) is 12.1 Å². The highest BCUT2D eigenvalue weighted by Gasteiger charge is 2.11. The quantitative estimate of drug-likeness (QED) is 0.575. The number of hydrogen-bond acceptors (Lipinski definition) is 5. The lowest BCUT2D eigenvalue weighted by molar-refractivity contribution is -0.146. The topological polar surface area (TPSA) is 70.4 Å². The molecule has 0 bridgehead atoms. The minimum absolute atomic E-state index is 0.278. The van der Waals surface area contributed by atoms with Crippen LogP contribution in [0, 0.1) is 0 Å². The Bertz CT molecular complexity index is 321. The summed E-state index contributed by atoms with van der Waals surface area (Å²) in [6, 6.07) is 3.88. The zero-order chi connectivity index (χ0) is 11.8. The highest BCUT2D eigenvalue weighted by molar-refractivity contribution is 8.76. The van der Waals surface area contributed by atoms with Gasteiger partial charge in [-0.05, 0) is 18.1 Å². The van der Waals surface area contributed by atoms with Crippen LogP contribution >= 0.6 is 21.6 Å². The fraction of sp³-hybridized carbons (Fsp3) is 0.400. The summed E-state index contributed by atoms with van der Waals surface area (Å²) in [5, 5.41) is 17.5. The molecule has 0 aliphatic rings. The van der Waals surface area contributed by atoms with Gasteiger partial charge in [-0.25, -0.2) is 4.79 Å². The van der Waals surface area contributed by atoms with Crippen LogP contribution in [0.15, 0.2) is 24.5 Å². The van der Waals surface area contributed by atoms with Crippen LogP contribution in [0.4, 0.5) is 0 Å². The molecule has 1 rings (SSSR count). The van der Waals surface area contributed by atoms with Crippen molar-refractivity contribution in [2.75, 3.05) is 5.75 Å². The van der Waals surface area contributed by atoms with Crippen LogP contribution in [0.5, 0.6) is 0 Å². The average molecular weight is 259 g/mol. The molecule has 0 fully saturated rings. The first kappa shape index (κ1) is 13.3. The number of carbonyl (C=O) groups is 1. The van der Waals surface area contributed by atoms with Gasteiger partial charge in [-0.15, -0.1) is 0 Å². The Morgan fingerprint density at radius 3 is 2.94 bits per heavy atom. The van der Waals surface area contributed by atoms with Crippen LogP contribution in [0.2, 0.25) is 0 Å². The molecule has 6 heteroatoms. The maximum absolute atomic E-state index is 10.3. The van der Waals surface area contributed by atoms with Crippen LogP contribution in [0.3, 0.4) is 0 Å². The van der Waals surface area contributed by atoms with E-state index >= 15 is 0 Å². The molecule has 1 heterocycles. The smallest absolute Gasteiger partial charge is 0.332 e. The first-order chi connectivity index (χ1) is 7.70. The number of aliphatic hydroxyl groups is 1. The molecular formula is C10H13NO3S2. The molecule has 16 heavy (non-hydrogen) atoms. The molecule has 1 aromatic heterocycles. The predicted molar refractivity (Wildman–Crippen MR) is 66.2 cm³/mol. The van der Waals surface area contributed by atoms with Crippen LogP contribution in [0.1, 0.15) is 12.0 Å². The average Bonchev–Trinajstić information content (AvgIpc) is 2.29. The van der Waals surface area contributed by atoms with Gasteiger partial charge in [0.05, 0.1) is 0 Å². The number of nitrogens with zero attached hydrogens (tertiary/aromatic N) is 1. The molecule has 1 unspecified atom stereocenters. The highest BCUT2D eigenvalue weighted by atomic mass is 33.1. The van der Waals surface area contributed by atoms with E-state index in [0.717, 1.165) is 11.3 Å². The van der Waals surface area contributed by atoms with Crippen molar-refractivity contribution in [3.8, 4) is 0 Å². The molecule has 4 nitrogen and oxygen atoms in total. The van der Waals surface area contributed by atoms with Gasteiger partial charge in [-0.3, -0.25) is 4.98 Å². The van der Waals surface area contributed by atoms with E-state index in [0.29, 0.717) is 5.75 Å². The van der Waals surface area contributed by atoms with Crippen LogP contribution in [-0.2, 0) is 10.5 Å². The number of pyridine rings is 1. The van der Waals surface area contributed by atoms with Crippen LogP contribution in [-0.4, -0.2) is 33.0 Å². The molecular weight excluding hydrogens is 246 g/mol. The van der Waals surface area contributed by atoms with Gasteiger partial charge < -0.3 is 10.2 Å². The molecule has 0 aliphatic carbocycles. The van der Waals surface area contributed by atoms with E-state index in [9.17, 15) is 4.79 Å². The standard InChI is InChI=1S/C10H13NO3S2/c12-9(10(13)14)3-5-15-16-7-8-2-1-4-11-6-8/h1-2,4,6,9,12H,3,5,7H2,(H,13,14). The van der Waals surface area contributed by atoms with E-state index in [-0.39, 0.29) is 6.42 Å². The van der Waals surface area contributed by atoms with Gasteiger partial charge in [0.25, 0.3) is 0 Å². The fourth-order valence-corrected chi connectivity index (χ4v) is 3.06. The first-order valence-corrected chi connectivity index (χ1v) is 7.23. The van der Waals surface area contributed by atoms with Gasteiger partial charge in [0.15, 0.2) is 6.10 Å². The van der Waals surface area contributed by atoms with Gasteiger partial charge >= 0.3 is 5.97 Å². The molecule has 0 saturated heterocycles. The molecule has 1 atom stereocenters. The second kappa shape index (κ2) is 7.54. The molecule has 0 amide bonds. The number of aliphatic hydroxyl groups excluding tert-OH is 1. The Labute approximate surface area is 102 Å². The van der Waals surface area contributed by atoms with E-state index in [4.69, 9.17) is 10.2 Å². The molecule has 0 radical (unpaired) electrons. The monoisotopic (exact) mass is 259 g/mol. The van der Waals surface area contributed by atoms with E-state index in [2.05, 4.69) is 4.98 Å². The van der Waals surface area contributed by atoms with Gasteiger partial charge in [0.2, 0.25) is 0 Å². The number of carboxylic acids is 1. The minimum Gasteiger partial charge on any atom is -0.479 e. The molecule has 0 spiro atoms. The molecule has 0 saturated carbocycles. The lowest BCUT2D eigenvalue weighted by atomic mass is 10.3. The lowest BCUT2D eigenvalue weighted by Crippen LogP contribution is -2.19. The summed E-state index contributed by atoms with van der Waals surface area (Å²) in [5.41, 5.74) is 1.14. The lowest BCUT2D eigenvalue weighted by Gasteiger charge is -2.04. The minimum atomic E-state index is -1.24. The number of carboxylic acid groups (broad SMARTS) is 1. The Kier molecular flexibility index (Phi) is 6.29. The van der Waals surface area contributed by atoms with Crippen molar-refractivity contribution in [1.29, 1.82) is 0 Å². The van der Waals surface area contributed by atoms with Crippen molar-refractivity contribution in [3.63, 3.8) is 0 Å². The van der Waals surface area contributed by atoms with Gasteiger partial charge in [0.1, 0.15) is 0 Å². The largest absolute Gasteiger partial charge is 0.479 e. The molecule has 0 aliphatic heterocycles. The Balaban J connectivity index is 2.07. The zero-order valence-electron chi connectivity index (χ0n) is 8.57. The highest BCUT2D eigenvalue weighted by Crippen LogP contribution is 2.26. The number of aliphatic carboxylic acids is 1.